The van der Waals surface area contributed by atoms with Gasteiger partial charge >= 0.3 is 0 Å². The van der Waals surface area contributed by atoms with E-state index in [2.05, 4.69) is 120 Å². The highest BCUT2D eigenvalue weighted by Gasteiger charge is 2.21. The molecule has 2 aliphatic carbocycles. The first-order valence-corrected chi connectivity index (χ1v) is 15.8. The van der Waals surface area contributed by atoms with Crippen molar-refractivity contribution in [1.29, 1.82) is 0 Å². The molecule has 0 unspecified atom stereocenters. The monoisotopic (exact) mass is 579 g/mol. The zero-order valence-corrected chi connectivity index (χ0v) is 25.4. The minimum Gasteiger partial charge on any atom is -0.261 e. The highest BCUT2D eigenvalue weighted by Crippen LogP contribution is 2.40. The number of hydrogen-bond acceptors (Lipinski definition) is 3. The summed E-state index contributed by atoms with van der Waals surface area (Å²) in [6, 6.07) is 36.3. The maximum absolute atomic E-state index is 5.19. The van der Waals surface area contributed by atoms with Crippen LogP contribution in [0.4, 0.5) is 0 Å². The molecule has 8 rings (SSSR count). The second-order valence-electron chi connectivity index (χ2n) is 11.9. The summed E-state index contributed by atoms with van der Waals surface area (Å²) in [5, 5.41) is 0. The third kappa shape index (κ3) is 5.32. The van der Waals surface area contributed by atoms with Gasteiger partial charge in [-0.15, -0.1) is 0 Å². The molecular formula is C42H33N3. The van der Waals surface area contributed by atoms with Crippen LogP contribution in [0.5, 0.6) is 0 Å². The van der Waals surface area contributed by atoms with E-state index in [1.54, 1.807) is 0 Å². The lowest BCUT2D eigenvalue weighted by Gasteiger charge is -2.24. The maximum Gasteiger partial charge on any atom is 0.160 e. The van der Waals surface area contributed by atoms with Crippen LogP contribution in [-0.4, -0.2) is 15.0 Å². The Bertz CT molecular complexity index is 2030. The molecule has 0 amide bonds. The fourth-order valence-electron chi connectivity index (χ4n) is 6.65. The molecule has 4 aromatic carbocycles. The summed E-state index contributed by atoms with van der Waals surface area (Å²) >= 11 is 0. The molecule has 0 bridgehead atoms. The number of nitrogens with zero attached hydrogens (tertiary/aromatic N) is 3. The molecule has 0 fully saturated rings. The summed E-state index contributed by atoms with van der Waals surface area (Å²) in [5.41, 5.74) is 16.3. The number of benzene rings is 4. The summed E-state index contributed by atoms with van der Waals surface area (Å²) in [6.07, 6.45) is 15.7. The molecule has 6 aromatic rings. The molecule has 2 aromatic heterocycles. The van der Waals surface area contributed by atoms with Gasteiger partial charge in [0.15, 0.2) is 5.82 Å². The second kappa shape index (κ2) is 11.6. The van der Waals surface area contributed by atoms with Crippen molar-refractivity contribution in [3.8, 4) is 56.2 Å². The molecule has 0 spiro atoms. The van der Waals surface area contributed by atoms with Gasteiger partial charge < -0.3 is 0 Å². The van der Waals surface area contributed by atoms with Crippen molar-refractivity contribution in [1.82, 2.24) is 15.0 Å². The van der Waals surface area contributed by atoms with Crippen LogP contribution >= 0.6 is 0 Å². The third-order valence-corrected chi connectivity index (χ3v) is 8.94. The average Bonchev–Trinajstić information content (AvgIpc) is 3.12. The van der Waals surface area contributed by atoms with Gasteiger partial charge in [-0.05, 0) is 108 Å². The number of pyridine rings is 1. The van der Waals surface area contributed by atoms with Crippen molar-refractivity contribution in [3.63, 3.8) is 0 Å². The van der Waals surface area contributed by atoms with Crippen LogP contribution in [0.25, 0.3) is 68.3 Å². The van der Waals surface area contributed by atoms with E-state index in [1.165, 1.54) is 33.4 Å². The summed E-state index contributed by atoms with van der Waals surface area (Å²) in [5.74, 6) is 0.709. The van der Waals surface area contributed by atoms with Gasteiger partial charge in [0.2, 0.25) is 0 Å². The second-order valence-corrected chi connectivity index (χ2v) is 11.9. The van der Waals surface area contributed by atoms with E-state index in [1.807, 2.05) is 25.3 Å². The number of aryl methyl sites for hydroxylation is 1. The molecule has 216 valence electrons. The predicted molar refractivity (Wildman–Crippen MR) is 186 cm³/mol. The molecule has 0 saturated carbocycles. The molecule has 2 heterocycles. The van der Waals surface area contributed by atoms with Gasteiger partial charge in [0.25, 0.3) is 0 Å². The Morgan fingerprint density at radius 2 is 1.18 bits per heavy atom. The van der Waals surface area contributed by atoms with Gasteiger partial charge in [0, 0.05) is 34.1 Å². The fraction of sp³-hybridized carbons (Fsp3) is 0.119. The van der Waals surface area contributed by atoms with Gasteiger partial charge in [-0.25, -0.2) is 9.97 Å². The fourth-order valence-corrected chi connectivity index (χ4v) is 6.65. The molecule has 3 nitrogen and oxygen atoms in total. The van der Waals surface area contributed by atoms with Crippen molar-refractivity contribution in [2.75, 3.05) is 0 Å². The van der Waals surface area contributed by atoms with E-state index < -0.39 is 0 Å². The minimum atomic E-state index is 0.709. The number of hydrogen-bond donors (Lipinski definition) is 0. The van der Waals surface area contributed by atoms with Crippen molar-refractivity contribution in [2.24, 2.45) is 0 Å². The molecule has 3 heteroatoms. The van der Waals surface area contributed by atoms with E-state index in [0.29, 0.717) is 5.82 Å². The van der Waals surface area contributed by atoms with Gasteiger partial charge in [-0.3, -0.25) is 4.98 Å². The van der Waals surface area contributed by atoms with Gasteiger partial charge in [-0.2, -0.15) is 0 Å². The minimum absolute atomic E-state index is 0.709. The first-order valence-electron chi connectivity index (χ1n) is 15.8. The normalized spacial score (nSPS) is 13.4. The lowest BCUT2D eigenvalue weighted by atomic mass is 9.80. The first kappa shape index (κ1) is 27.2. The number of allylic oxidation sites excluding steroid dienone is 2. The number of rotatable bonds is 5. The molecule has 0 radical (unpaired) electrons. The maximum atomic E-state index is 5.19. The summed E-state index contributed by atoms with van der Waals surface area (Å²) in [7, 11) is 0. The van der Waals surface area contributed by atoms with E-state index >= 15 is 0 Å². The highest BCUT2D eigenvalue weighted by atomic mass is 14.9. The lowest BCUT2D eigenvalue weighted by Crippen LogP contribution is -2.07. The van der Waals surface area contributed by atoms with Gasteiger partial charge in [-0.1, -0.05) is 91.0 Å². The number of fused-ring (bicyclic) bond motifs is 3. The predicted octanol–water partition coefficient (Wildman–Crippen LogP) is 10.4. The van der Waals surface area contributed by atoms with Gasteiger partial charge in [0.05, 0.1) is 11.4 Å². The van der Waals surface area contributed by atoms with E-state index in [0.717, 1.165) is 70.6 Å². The topological polar surface area (TPSA) is 38.7 Å². The van der Waals surface area contributed by atoms with Crippen molar-refractivity contribution in [3.05, 3.63) is 149 Å². The Morgan fingerprint density at radius 3 is 1.87 bits per heavy atom. The van der Waals surface area contributed by atoms with Crippen LogP contribution in [0.2, 0.25) is 0 Å². The molecule has 0 aliphatic heterocycles. The Labute approximate surface area is 264 Å². The van der Waals surface area contributed by atoms with Gasteiger partial charge in [0.1, 0.15) is 0 Å². The van der Waals surface area contributed by atoms with E-state index in [4.69, 9.17) is 9.97 Å². The zero-order valence-electron chi connectivity index (χ0n) is 25.4. The Kier molecular flexibility index (Phi) is 7.00. The van der Waals surface area contributed by atoms with E-state index in [9.17, 15) is 0 Å². The van der Waals surface area contributed by atoms with Crippen LogP contribution in [0.3, 0.4) is 0 Å². The molecule has 0 atom stereocenters. The van der Waals surface area contributed by atoms with Crippen LogP contribution in [0, 0.1) is 6.92 Å². The largest absolute Gasteiger partial charge is 0.261 e. The molecular weight excluding hydrogens is 546 g/mol. The smallest absolute Gasteiger partial charge is 0.160 e. The average molecular weight is 580 g/mol. The first-order chi connectivity index (χ1) is 22.2. The third-order valence-electron chi connectivity index (χ3n) is 8.94. The highest BCUT2D eigenvalue weighted by molar-refractivity contribution is 5.87. The Balaban J connectivity index is 1.38. The van der Waals surface area contributed by atoms with Crippen molar-refractivity contribution in [2.45, 2.75) is 32.6 Å². The summed E-state index contributed by atoms with van der Waals surface area (Å²) in [4.78, 5) is 15.0. The van der Waals surface area contributed by atoms with Crippen LogP contribution in [0.15, 0.2) is 121 Å². The molecule has 0 N–H and O–H groups in total. The molecule has 0 saturated heterocycles. The van der Waals surface area contributed by atoms with Crippen LogP contribution in [-0.2, 0) is 12.8 Å². The summed E-state index contributed by atoms with van der Waals surface area (Å²) < 4.78 is 0. The Morgan fingerprint density at radius 1 is 0.533 bits per heavy atom. The van der Waals surface area contributed by atoms with Crippen molar-refractivity contribution >= 4 is 12.2 Å². The SMILES string of the molecule is Cc1ccc(-c2cc(-c3nc(-c4ccccc4)cc(-c4ccccc4)n3)cc(-c3cc4c(c5c3C=CCC5)CCC=C4)c2)cn1. The zero-order chi connectivity index (χ0) is 30.2. The lowest BCUT2D eigenvalue weighted by molar-refractivity contribution is 0.906. The van der Waals surface area contributed by atoms with Crippen LogP contribution in [0.1, 0.15) is 40.8 Å². The van der Waals surface area contributed by atoms with Crippen LogP contribution < -0.4 is 0 Å². The van der Waals surface area contributed by atoms with Crippen molar-refractivity contribution < 1.29 is 0 Å². The number of aromatic nitrogens is 3. The molecule has 2 aliphatic rings. The van der Waals surface area contributed by atoms with E-state index in [-0.39, 0.29) is 0 Å². The molecule has 45 heavy (non-hydrogen) atoms. The summed E-state index contributed by atoms with van der Waals surface area (Å²) in [6.45, 7) is 2.03. The standard InChI is InChI=1S/C42H33N3/c1-28-20-21-32(27-43-28)33-22-34(39-25-31-16-8-9-17-36(31)37-18-10-11-19-38(37)39)24-35(23-33)42-44-40(29-12-4-2-5-13-29)26-41(45-42)30-14-6-3-7-15-30/h2-8,11-16,19-27H,9-10,17-18H2,1H3. The quantitative estimate of drug-likeness (QED) is 0.204. The Hall–Kier alpha value is -5.41.